The summed E-state index contributed by atoms with van der Waals surface area (Å²) in [5.41, 5.74) is 6.72. The Balaban J connectivity index is 3.28. The number of aliphatic hydroxyl groups is 1. The van der Waals surface area contributed by atoms with E-state index in [1.54, 1.807) is 6.07 Å². The third-order valence-corrected chi connectivity index (χ3v) is 4.96. The van der Waals surface area contributed by atoms with Gasteiger partial charge >= 0.3 is 0 Å². The van der Waals surface area contributed by atoms with Gasteiger partial charge in [-0.3, -0.25) is 0 Å². The number of nitrogens with two attached hydrogens (primary N) is 1. The molecule has 102 valence electrons. The van der Waals surface area contributed by atoms with Crippen LogP contribution in [0.4, 0.5) is 0 Å². The molecular formula is C12H17Br2NO3. The van der Waals surface area contributed by atoms with E-state index >= 15 is 0 Å². The standard InChI is InChI=1S/C12H17Br2NO3/c1-5(2)11(16)10(15)6-4-7(18-3)12(17)9(14)8(6)13/h4-5,10-11,16-17H,15H2,1-3H3/t10-,11+/m0/s1. The molecule has 1 aromatic carbocycles. The van der Waals surface area contributed by atoms with Crippen molar-refractivity contribution in [3.05, 3.63) is 20.6 Å². The first kappa shape index (κ1) is 15.8. The van der Waals surface area contributed by atoms with Gasteiger partial charge in [-0.1, -0.05) is 13.8 Å². The molecule has 0 aromatic heterocycles. The second-order valence-corrected chi connectivity index (χ2v) is 5.99. The molecule has 2 atom stereocenters. The zero-order valence-electron chi connectivity index (χ0n) is 10.4. The maximum absolute atomic E-state index is 10.0. The van der Waals surface area contributed by atoms with E-state index in [4.69, 9.17) is 10.5 Å². The molecule has 0 spiro atoms. The van der Waals surface area contributed by atoms with Crippen LogP contribution in [0.5, 0.6) is 11.5 Å². The zero-order valence-corrected chi connectivity index (χ0v) is 13.6. The van der Waals surface area contributed by atoms with E-state index in [2.05, 4.69) is 31.9 Å². The second kappa shape index (κ2) is 6.23. The molecule has 0 saturated heterocycles. The van der Waals surface area contributed by atoms with Crippen molar-refractivity contribution in [2.45, 2.75) is 26.0 Å². The fraction of sp³-hybridized carbons (Fsp3) is 0.500. The Morgan fingerprint density at radius 3 is 2.28 bits per heavy atom. The molecule has 1 aromatic rings. The predicted octanol–water partition coefficient (Wildman–Crippen LogP) is 2.94. The van der Waals surface area contributed by atoms with Gasteiger partial charge in [-0.05, 0) is 49.4 Å². The molecular weight excluding hydrogens is 366 g/mol. The summed E-state index contributed by atoms with van der Waals surface area (Å²) >= 11 is 6.62. The van der Waals surface area contributed by atoms with E-state index in [0.717, 1.165) is 0 Å². The molecule has 0 bridgehead atoms. The van der Waals surface area contributed by atoms with Gasteiger partial charge in [-0.25, -0.2) is 0 Å². The van der Waals surface area contributed by atoms with E-state index in [0.29, 0.717) is 20.3 Å². The van der Waals surface area contributed by atoms with Crippen LogP contribution >= 0.6 is 31.9 Å². The average Bonchev–Trinajstić information content (AvgIpc) is 2.34. The van der Waals surface area contributed by atoms with Gasteiger partial charge in [0.2, 0.25) is 0 Å². The summed E-state index contributed by atoms with van der Waals surface area (Å²) in [6, 6.07) is 1.06. The van der Waals surface area contributed by atoms with Crippen molar-refractivity contribution >= 4 is 31.9 Å². The van der Waals surface area contributed by atoms with Crippen LogP contribution in [-0.2, 0) is 0 Å². The van der Waals surface area contributed by atoms with Gasteiger partial charge in [0.25, 0.3) is 0 Å². The van der Waals surface area contributed by atoms with Crippen LogP contribution in [-0.4, -0.2) is 23.4 Å². The number of benzene rings is 1. The lowest BCUT2D eigenvalue weighted by Crippen LogP contribution is -2.30. The Kier molecular flexibility index (Phi) is 5.46. The molecule has 0 heterocycles. The molecule has 0 amide bonds. The van der Waals surface area contributed by atoms with Crippen molar-refractivity contribution in [3.63, 3.8) is 0 Å². The first-order valence-electron chi connectivity index (χ1n) is 5.49. The fourth-order valence-electron chi connectivity index (χ4n) is 1.61. The van der Waals surface area contributed by atoms with Gasteiger partial charge in [0.1, 0.15) is 0 Å². The van der Waals surface area contributed by atoms with Crippen LogP contribution in [0.25, 0.3) is 0 Å². The van der Waals surface area contributed by atoms with E-state index in [9.17, 15) is 10.2 Å². The number of hydrogen-bond acceptors (Lipinski definition) is 4. The molecule has 18 heavy (non-hydrogen) atoms. The molecule has 0 aliphatic carbocycles. The van der Waals surface area contributed by atoms with E-state index in [1.807, 2.05) is 13.8 Å². The number of phenols is 1. The largest absolute Gasteiger partial charge is 0.503 e. The molecule has 0 fully saturated rings. The number of hydrogen-bond donors (Lipinski definition) is 3. The summed E-state index contributed by atoms with van der Waals surface area (Å²) in [4.78, 5) is 0. The van der Waals surface area contributed by atoms with Gasteiger partial charge in [0, 0.05) is 4.47 Å². The molecule has 6 heteroatoms. The first-order chi connectivity index (χ1) is 8.31. The Hall–Kier alpha value is -0.300. The minimum absolute atomic E-state index is 0.000591. The number of halogens is 2. The lowest BCUT2D eigenvalue weighted by atomic mass is 9.94. The Morgan fingerprint density at radius 1 is 1.28 bits per heavy atom. The quantitative estimate of drug-likeness (QED) is 0.748. The van der Waals surface area contributed by atoms with Gasteiger partial charge in [-0.2, -0.15) is 0 Å². The molecule has 4 nitrogen and oxygen atoms in total. The lowest BCUT2D eigenvalue weighted by molar-refractivity contribution is 0.0976. The Morgan fingerprint density at radius 2 is 1.83 bits per heavy atom. The van der Waals surface area contributed by atoms with Gasteiger partial charge in [-0.15, -0.1) is 0 Å². The van der Waals surface area contributed by atoms with Crippen LogP contribution in [0.15, 0.2) is 15.0 Å². The molecule has 0 unspecified atom stereocenters. The maximum atomic E-state index is 10.0. The van der Waals surface area contributed by atoms with Crippen molar-refractivity contribution < 1.29 is 14.9 Å². The topological polar surface area (TPSA) is 75.7 Å². The highest BCUT2D eigenvalue weighted by molar-refractivity contribution is 9.13. The van der Waals surface area contributed by atoms with Crippen molar-refractivity contribution in [3.8, 4) is 11.5 Å². The summed E-state index contributed by atoms with van der Waals surface area (Å²) < 4.78 is 6.15. The maximum Gasteiger partial charge on any atom is 0.173 e. The van der Waals surface area contributed by atoms with Crippen molar-refractivity contribution in [2.75, 3.05) is 7.11 Å². The van der Waals surface area contributed by atoms with Crippen LogP contribution in [0.2, 0.25) is 0 Å². The lowest BCUT2D eigenvalue weighted by Gasteiger charge is -2.24. The summed E-state index contributed by atoms with van der Waals surface area (Å²) in [7, 11) is 1.46. The Labute approximate surface area is 123 Å². The number of aromatic hydroxyl groups is 1. The minimum Gasteiger partial charge on any atom is -0.503 e. The van der Waals surface area contributed by atoms with Crippen molar-refractivity contribution in [2.24, 2.45) is 11.7 Å². The third kappa shape index (κ3) is 2.99. The summed E-state index contributed by atoms with van der Waals surface area (Å²) in [5.74, 6) is 0.344. The van der Waals surface area contributed by atoms with Gasteiger partial charge in [0.05, 0.1) is 23.7 Å². The average molecular weight is 383 g/mol. The van der Waals surface area contributed by atoms with Crippen LogP contribution < -0.4 is 10.5 Å². The number of methoxy groups -OCH3 is 1. The number of phenolic OH excluding ortho intramolecular Hbond substituents is 1. The predicted molar refractivity (Wildman–Crippen MR) is 77.8 cm³/mol. The summed E-state index contributed by atoms with van der Waals surface area (Å²) in [5, 5.41) is 19.9. The summed E-state index contributed by atoms with van der Waals surface area (Å²) in [6.45, 7) is 3.79. The second-order valence-electron chi connectivity index (χ2n) is 4.41. The highest BCUT2D eigenvalue weighted by Crippen LogP contribution is 2.43. The van der Waals surface area contributed by atoms with E-state index in [1.165, 1.54) is 7.11 Å². The van der Waals surface area contributed by atoms with Gasteiger partial charge in [0.15, 0.2) is 11.5 Å². The summed E-state index contributed by atoms with van der Waals surface area (Å²) in [6.07, 6.45) is -0.678. The van der Waals surface area contributed by atoms with E-state index < -0.39 is 12.1 Å². The van der Waals surface area contributed by atoms with E-state index in [-0.39, 0.29) is 11.7 Å². The normalized spacial score (nSPS) is 14.7. The molecule has 0 aliphatic rings. The zero-order chi connectivity index (χ0) is 14.0. The number of ether oxygens (including phenoxy) is 1. The van der Waals surface area contributed by atoms with Crippen LogP contribution in [0, 0.1) is 5.92 Å². The van der Waals surface area contributed by atoms with Crippen molar-refractivity contribution in [1.82, 2.24) is 0 Å². The minimum atomic E-state index is -0.678. The molecule has 1 rings (SSSR count). The fourth-order valence-corrected chi connectivity index (χ4v) is 2.60. The molecule has 0 saturated carbocycles. The smallest absolute Gasteiger partial charge is 0.173 e. The first-order valence-corrected chi connectivity index (χ1v) is 7.08. The van der Waals surface area contributed by atoms with Crippen molar-refractivity contribution in [1.29, 1.82) is 0 Å². The number of rotatable bonds is 4. The number of aliphatic hydroxyl groups excluding tert-OH is 1. The monoisotopic (exact) mass is 381 g/mol. The molecule has 0 aliphatic heterocycles. The molecule has 4 N–H and O–H groups in total. The van der Waals surface area contributed by atoms with Gasteiger partial charge < -0.3 is 20.7 Å². The Bertz CT molecular complexity index is 438. The highest BCUT2D eigenvalue weighted by Gasteiger charge is 2.25. The SMILES string of the molecule is COc1cc([C@H](N)[C@H](O)C(C)C)c(Br)c(Br)c1O. The molecule has 0 radical (unpaired) electrons. The van der Waals surface area contributed by atoms with Crippen LogP contribution in [0.3, 0.4) is 0 Å². The third-order valence-electron chi connectivity index (χ3n) is 2.80. The highest BCUT2D eigenvalue weighted by atomic mass is 79.9. The van der Waals surface area contributed by atoms with Crippen LogP contribution in [0.1, 0.15) is 25.5 Å².